The zero-order valence-electron chi connectivity index (χ0n) is 11.3. The summed E-state index contributed by atoms with van der Waals surface area (Å²) in [5.74, 6) is 0.571. The number of carbonyl (C=O) groups excluding carboxylic acids is 1. The number of hydrogen-bond acceptors (Lipinski definition) is 3. The molecule has 1 aromatic carbocycles. The SMILES string of the molecule is CCOc1ccc(NC(=O)c2cc(C)n(C)n2)cc1. The monoisotopic (exact) mass is 259 g/mol. The summed E-state index contributed by atoms with van der Waals surface area (Å²) in [6, 6.07) is 9.01. The van der Waals surface area contributed by atoms with Gasteiger partial charge in [0.25, 0.3) is 5.91 Å². The van der Waals surface area contributed by atoms with Crippen molar-refractivity contribution < 1.29 is 9.53 Å². The van der Waals surface area contributed by atoms with Crippen molar-refractivity contribution in [2.24, 2.45) is 7.05 Å². The van der Waals surface area contributed by atoms with Crippen molar-refractivity contribution in [2.45, 2.75) is 13.8 Å². The first kappa shape index (κ1) is 13.1. The number of hydrogen-bond donors (Lipinski definition) is 1. The van der Waals surface area contributed by atoms with Gasteiger partial charge in [0.05, 0.1) is 6.61 Å². The second kappa shape index (κ2) is 5.56. The first-order valence-corrected chi connectivity index (χ1v) is 6.15. The van der Waals surface area contributed by atoms with Gasteiger partial charge in [0.15, 0.2) is 5.69 Å². The van der Waals surface area contributed by atoms with Crippen LogP contribution in [0.5, 0.6) is 5.75 Å². The Bertz CT molecular complexity index is 553. The average molecular weight is 259 g/mol. The Morgan fingerprint density at radius 3 is 2.58 bits per heavy atom. The Balaban J connectivity index is 2.06. The predicted octanol–water partition coefficient (Wildman–Crippen LogP) is 2.38. The second-order valence-corrected chi connectivity index (χ2v) is 4.21. The fourth-order valence-electron chi connectivity index (χ4n) is 1.67. The summed E-state index contributed by atoms with van der Waals surface area (Å²) >= 11 is 0. The maximum atomic E-state index is 12.0. The van der Waals surface area contributed by atoms with Crippen LogP contribution >= 0.6 is 0 Å². The number of nitrogens with one attached hydrogen (secondary N) is 1. The molecular weight excluding hydrogens is 242 g/mol. The number of rotatable bonds is 4. The molecule has 0 aliphatic carbocycles. The summed E-state index contributed by atoms with van der Waals surface area (Å²) in [6.07, 6.45) is 0. The smallest absolute Gasteiger partial charge is 0.276 e. The largest absolute Gasteiger partial charge is 0.494 e. The molecular formula is C14H17N3O2. The van der Waals surface area contributed by atoms with E-state index in [9.17, 15) is 4.79 Å². The lowest BCUT2D eigenvalue weighted by molar-refractivity contribution is 0.102. The fraction of sp³-hybridized carbons (Fsp3) is 0.286. The van der Waals surface area contributed by atoms with E-state index in [-0.39, 0.29) is 5.91 Å². The maximum Gasteiger partial charge on any atom is 0.276 e. The van der Waals surface area contributed by atoms with Gasteiger partial charge in [-0.2, -0.15) is 5.10 Å². The second-order valence-electron chi connectivity index (χ2n) is 4.21. The van der Waals surface area contributed by atoms with E-state index >= 15 is 0 Å². The van der Waals surface area contributed by atoms with E-state index in [4.69, 9.17) is 4.74 Å². The van der Waals surface area contributed by atoms with Crippen molar-refractivity contribution in [3.05, 3.63) is 41.7 Å². The van der Waals surface area contributed by atoms with Crippen LogP contribution in [0.2, 0.25) is 0 Å². The van der Waals surface area contributed by atoms with Gasteiger partial charge in [-0.05, 0) is 44.2 Å². The van der Waals surface area contributed by atoms with Crippen molar-refractivity contribution in [2.75, 3.05) is 11.9 Å². The van der Waals surface area contributed by atoms with Crippen molar-refractivity contribution in [3.8, 4) is 5.75 Å². The Morgan fingerprint density at radius 1 is 1.37 bits per heavy atom. The molecule has 0 bridgehead atoms. The molecule has 5 heteroatoms. The number of anilines is 1. The molecule has 5 nitrogen and oxygen atoms in total. The molecule has 100 valence electrons. The van der Waals surface area contributed by atoms with Gasteiger partial charge >= 0.3 is 0 Å². The molecule has 0 aliphatic heterocycles. The van der Waals surface area contributed by atoms with Gasteiger partial charge in [-0.1, -0.05) is 0 Å². The number of amides is 1. The normalized spacial score (nSPS) is 10.3. The van der Waals surface area contributed by atoms with E-state index in [1.807, 2.05) is 33.0 Å². The van der Waals surface area contributed by atoms with Crippen LogP contribution < -0.4 is 10.1 Å². The van der Waals surface area contributed by atoms with Crippen molar-refractivity contribution >= 4 is 11.6 Å². The molecule has 0 fully saturated rings. The topological polar surface area (TPSA) is 56.1 Å². The van der Waals surface area contributed by atoms with E-state index in [0.717, 1.165) is 17.1 Å². The van der Waals surface area contributed by atoms with E-state index < -0.39 is 0 Å². The van der Waals surface area contributed by atoms with Gasteiger partial charge in [-0.3, -0.25) is 9.48 Å². The zero-order chi connectivity index (χ0) is 13.8. The molecule has 0 aliphatic rings. The van der Waals surface area contributed by atoms with Gasteiger partial charge in [0.1, 0.15) is 5.75 Å². The van der Waals surface area contributed by atoms with E-state index in [0.29, 0.717) is 12.3 Å². The minimum absolute atomic E-state index is 0.215. The summed E-state index contributed by atoms with van der Waals surface area (Å²) in [7, 11) is 1.81. The first-order chi connectivity index (χ1) is 9.10. The summed E-state index contributed by atoms with van der Waals surface area (Å²) in [5, 5.41) is 6.93. The molecule has 0 unspecified atom stereocenters. The highest BCUT2D eigenvalue weighted by atomic mass is 16.5. The maximum absolute atomic E-state index is 12.0. The van der Waals surface area contributed by atoms with Crippen molar-refractivity contribution in [1.29, 1.82) is 0 Å². The molecule has 19 heavy (non-hydrogen) atoms. The highest BCUT2D eigenvalue weighted by Crippen LogP contribution is 2.16. The molecule has 0 saturated heterocycles. The number of carbonyl (C=O) groups is 1. The Labute approximate surface area is 112 Å². The number of aryl methyl sites for hydroxylation is 2. The number of ether oxygens (including phenoxy) is 1. The van der Waals surface area contributed by atoms with Gasteiger partial charge in [0, 0.05) is 18.4 Å². The highest BCUT2D eigenvalue weighted by molar-refractivity contribution is 6.02. The molecule has 0 radical (unpaired) electrons. The van der Waals surface area contributed by atoms with E-state index in [1.54, 1.807) is 22.9 Å². The first-order valence-electron chi connectivity index (χ1n) is 6.15. The third-order valence-corrected chi connectivity index (χ3v) is 2.77. The van der Waals surface area contributed by atoms with Gasteiger partial charge in [-0.15, -0.1) is 0 Å². The van der Waals surface area contributed by atoms with E-state index in [1.165, 1.54) is 0 Å². The van der Waals surface area contributed by atoms with Crippen LogP contribution in [0.3, 0.4) is 0 Å². The molecule has 1 amide bonds. The lowest BCUT2D eigenvalue weighted by Crippen LogP contribution is -2.12. The molecule has 0 saturated carbocycles. The summed E-state index contributed by atoms with van der Waals surface area (Å²) in [4.78, 5) is 12.0. The van der Waals surface area contributed by atoms with Gasteiger partial charge < -0.3 is 10.1 Å². The molecule has 2 rings (SSSR count). The molecule has 1 heterocycles. The quantitative estimate of drug-likeness (QED) is 0.917. The van der Waals surface area contributed by atoms with Crippen LogP contribution in [0.25, 0.3) is 0 Å². The van der Waals surface area contributed by atoms with Crippen LogP contribution in [0.1, 0.15) is 23.1 Å². The Kier molecular flexibility index (Phi) is 3.85. The van der Waals surface area contributed by atoms with Crippen LogP contribution in [-0.2, 0) is 7.05 Å². The van der Waals surface area contributed by atoms with Gasteiger partial charge in [0.2, 0.25) is 0 Å². The van der Waals surface area contributed by atoms with Crippen LogP contribution in [0, 0.1) is 6.92 Å². The zero-order valence-corrected chi connectivity index (χ0v) is 11.3. The predicted molar refractivity (Wildman–Crippen MR) is 73.5 cm³/mol. The van der Waals surface area contributed by atoms with Crippen LogP contribution in [0.4, 0.5) is 5.69 Å². The number of nitrogens with zero attached hydrogens (tertiary/aromatic N) is 2. The van der Waals surface area contributed by atoms with Crippen LogP contribution in [0.15, 0.2) is 30.3 Å². The summed E-state index contributed by atoms with van der Waals surface area (Å²) in [6.45, 7) is 4.46. The Morgan fingerprint density at radius 2 is 2.05 bits per heavy atom. The number of aromatic nitrogens is 2. The molecule has 1 N–H and O–H groups in total. The van der Waals surface area contributed by atoms with Gasteiger partial charge in [-0.25, -0.2) is 0 Å². The minimum atomic E-state index is -0.215. The summed E-state index contributed by atoms with van der Waals surface area (Å²) < 4.78 is 7.01. The molecule has 0 atom stereocenters. The highest BCUT2D eigenvalue weighted by Gasteiger charge is 2.11. The number of benzene rings is 1. The Hall–Kier alpha value is -2.30. The van der Waals surface area contributed by atoms with E-state index in [2.05, 4.69) is 10.4 Å². The van der Waals surface area contributed by atoms with Crippen LogP contribution in [-0.4, -0.2) is 22.3 Å². The lowest BCUT2D eigenvalue weighted by Gasteiger charge is -2.05. The molecule has 1 aromatic heterocycles. The summed E-state index contributed by atoms with van der Waals surface area (Å²) in [5.41, 5.74) is 2.07. The third-order valence-electron chi connectivity index (χ3n) is 2.77. The lowest BCUT2D eigenvalue weighted by atomic mass is 10.3. The third kappa shape index (κ3) is 3.13. The molecule has 0 spiro atoms. The molecule has 2 aromatic rings. The van der Waals surface area contributed by atoms with Crippen molar-refractivity contribution in [1.82, 2.24) is 9.78 Å². The average Bonchev–Trinajstić information content (AvgIpc) is 2.72. The fourth-order valence-corrected chi connectivity index (χ4v) is 1.67. The minimum Gasteiger partial charge on any atom is -0.494 e. The van der Waals surface area contributed by atoms with Crippen molar-refractivity contribution in [3.63, 3.8) is 0 Å². The standard InChI is InChI=1S/C14H17N3O2/c1-4-19-12-7-5-11(6-8-12)15-14(18)13-9-10(2)17(3)16-13/h5-9H,4H2,1-3H3,(H,15,18).